The van der Waals surface area contributed by atoms with Gasteiger partial charge in [0.15, 0.2) is 0 Å². The molecule has 0 saturated carbocycles. The van der Waals surface area contributed by atoms with Crippen LogP contribution in [0, 0.1) is 10.8 Å². The van der Waals surface area contributed by atoms with Crippen LogP contribution >= 0.6 is 0 Å². The summed E-state index contributed by atoms with van der Waals surface area (Å²) in [5, 5.41) is 72.8. The van der Waals surface area contributed by atoms with Crippen molar-refractivity contribution in [1.29, 1.82) is 0 Å². The summed E-state index contributed by atoms with van der Waals surface area (Å²) in [4.78, 5) is 0. The summed E-state index contributed by atoms with van der Waals surface area (Å²) >= 11 is 0. The van der Waals surface area contributed by atoms with Crippen LogP contribution in [-0.4, -0.2) is 145 Å². The molecule has 0 aliphatic carbocycles. The van der Waals surface area contributed by atoms with E-state index in [1.165, 1.54) is 14.2 Å². The van der Waals surface area contributed by atoms with E-state index in [0.717, 1.165) is 0 Å². The molecule has 10 atom stereocenters. The van der Waals surface area contributed by atoms with E-state index in [0.29, 0.717) is 12.8 Å². The Bertz CT molecular complexity index is 673. The zero-order chi connectivity index (χ0) is 30.4. The SMILES string of the molecule is C.CC[C@@]1(C)OC(C)(CO)[C@@](C)(COC)[C@@H](O)C1O.CC[C@@]1(C)OC(C)(CO)[C@@](C)(COC)[C@@H](O)C1O.O.O.OO.[Fe].[Fe].[OH-]. The normalized spacial score (nSPS) is 40.5. The van der Waals surface area contributed by atoms with Crippen molar-refractivity contribution in [1.82, 2.24) is 0 Å². The van der Waals surface area contributed by atoms with Crippen molar-refractivity contribution in [3.63, 3.8) is 0 Å². The molecule has 2 saturated heterocycles. The second kappa shape index (κ2) is 22.9. The summed E-state index contributed by atoms with van der Waals surface area (Å²) < 4.78 is 22.2. The molecule has 0 aromatic heterocycles. The van der Waals surface area contributed by atoms with Crippen LogP contribution in [0.15, 0.2) is 0 Å². The van der Waals surface area contributed by atoms with Gasteiger partial charge in [-0.15, -0.1) is 0 Å². The molecule has 0 aromatic rings. The average Bonchev–Trinajstić information content (AvgIpc) is 2.91. The Morgan fingerprint density at radius 1 is 0.591 bits per heavy atom. The summed E-state index contributed by atoms with van der Waals surface area (Å²) in [5.41, 5.74) is -5.41. The second-order valence-electron chi connectivity index (χ2n) is 11.8. The maximum absolute atomic E-state index is 10.4. The number of aliphatic hydroxyl groups is 6. The Balaban J connectivity index is -0.000000104. The molecule has 0 spiro atoms. The molecule has 0 radical (unpaired) electrons. The molecular formula is C27H63Fe2O15-. The third-order valence-electron chi connectivity index (χ3n) is 9.38. The van der Waals surface area contributed by atoms with Gasteiger partial charge < -0.3 is 66.0 Å². The van der Waals surface area contributed by atoms with Gasteiger partial charge in [-0.2, -0.15) is 0 Å². The van der Waals surface area contributed by atoms with Crippen LogP contribution in [-0.2, 0) is 53.1 Å². The third-order valence-corrected chi connectivity index (χ3v) is 9.38. The molecule has 15 nitrogen and oxygen atoms in total. The number of aliphatic hydroxyl groups excluding tert-OH is 6. The fourth-order valence-electron chi connectivity index (χ4n) is 5.44. The van der Waals surface area contributed by atoms with Crippen LogP contribution in [0.1, 0.15) is 75.7 Å². The Hall–Kier alpha value is 0.439. The van der Waals surface area contributed by atoms with Crippen molar-refractivity contribution in [2.75, 3.05) is 40.6 Å². The number of ether oxygens (including phenoxy) is 4. The Labute approximate surface area is 284 Å². The van der Waals surface area contributed by atoms with Crippen LogP contribution < -0.4 is 0 Å². The Morgan fingerprint density at radius 2 is 0.818 bits per heavy atom. The van der Waals surface area contributed by atoms with E-state index in [1.54, 1.807) is 41.5 Å². The average molecular weight is 739 g/mol. The minimum Gasteiger partial charge on any atom is -0.870 e. The molecule has 13 N–H and O–H groups in total. The van der Waals surface area contributed by atoms with Gasteiger partial charge in [-0.1, -0.05) is 35.1 Å². The molecule has 278 valence electrons. The van der Waals surface area contributed by atoms with E-state index in [2.05, 4.69) is 0 Å². The Kier molecular flexibility index (Phi) is 31.1. The molecule has 4 unspecified atom stereocenters. The Morgan fingerprint density at radius 3 is 0.977 bits per heavy atom. The van der Waals surface area contributed by atoms with E-state index in [1.807, 2.05) is 13.8 Å². The maximum Gasteiger partial charge on any atom is 0.109 e. The predicted molar refractivity (Wildman–Crippen MR) is 156 cm³/mol. The molecular weight excluding hydrogens is 676 g/mol. The van der Waals surface area contributed by atoms with Gasteiger partial charge in [-0.25, -0.2) is 0 Å². The summed E-state index contributed by atoms with van der Waals surface area (Å²) in [7, 11) is 3.05. The first-order valence-corrected chi connectivity index (χ1v) is 12.9. The minimum atomic E-state index is -1.02. The molecule has 2 aliphatic rings. The molecule has 0 bridgehead atoms. The van der Waals surface area contributed by atoms with Gasteiger partial charge in [0.05, 0.1) is 71.9 Å². The van der Waals surface area contributed by atoms with Crippen LogP contribution in [0.3, 0.4) is 0 Å². The fraction of sp³-hybridized carbons (Fsp3) is 1.00. The molecule has 17 heteroatoms. The molecule has 2 heterocycles. The van der Waals surface area contributed by atoms with E-state index in [9.17, 15) is 30.6 Å². The number of hydrogen-bond donors (Lipinski definition) is 8. The van der Waals surface area contributed by atoms with Crippen molar-refractivity contribution in [2.45, 2.75) is 122 Å². The first-order valence-electron chi connectivity index (χ1n) is 12.9. The van der Waals surface area contributed by atoms with Crippen molar-refractivity contribution in [2.24, 2.45) is 10.8 Å². The van der Waals surface area contributed by atoms with Gasteiger partial charge >= 0.3 is 0 Å². The summed E-state index contributed by atoms with van der Waals surface area (Å²) in [6.45, 7) is 14.2. The molecule has 2 fully saturated rings. The van der Waals surface area contributed by atoms with Gasteiger partial charge in [-0.05, 0) is 40.5 Å². The smallest absolute Gasteiger partial charge is 0.109 e. The van der Waals surface area contributed by atoms with Gasteiger partial charge in [0.2, 0.25) is 0 Å². The molecule has 2 rings (SSSR count). The first kappa shape index (κ1) is 59.8. The third kappa shape index (κ3) is 10.7. The van der Waals surface area contributed by atoms with Crippen molar-refractivity contribution < 1.29 is 111 Å². The van der Waals surface area contributed by atoms with Crippen molar-refractivity contribution in [3.8, 4) is 0 Å². The standard InChI is InChI=1S/2C13H26O5.CH4.2Fe.H2O2.3H2O/c2*1-6-12(3)10(16)9(15)11(2,8-17-5)13(4,7-14)18-12;;;;1-2;;;/h2*9-10,14-16H,6-8H2,1-5H3;1H4;;;1-2H;3*1H2/p-1/t2*9-,10?,11-,12+,13?;;;;;;;/m00......./s1. The topological polar surface area (TPSA) is 292 Å². The number of methoxy groups -OCH3 is 2. The second-order valence-corrected chi connectivity index (χ2v) is 11.8. The van der Waals surface area contributed by atoms with Crippen LogP contribution in [0.4, 0.5) is 0 Å². The van der Waals surface area contributed by atoms with Crippen LogP contribution in [0.5, 0.6) is 0 Å². The van der Waals surface area contributed by atoms with Crippen molar-refractivity contribution >= 4 is 0 Å². The van der Waals surface area contributed by atoms with Crippen LogP contribution in [0.2, 0.25) is 0 Å². The molecule has 44 heavy (non-hydrogen) atoms. The van der Waals surface area contributed by atoms with Gasteiger partial charge in [-0.3, -0.25) is 10.5 Å². The molecule has 0 amide bonds. The monoisotopic (exact) mass is 739 g/mol. The first-order chi connectivity index (χ1) is 17.4. The van der Waals surface area contributed by atoms with Gasteiger partial charge in [0, 0.05) is 48.4 Å². The molecule has 2 aliphatic heterocycles. The number of hydrogen-bond acceptors (Lipinski definition) is 13. The summed E-state index contributed by atoms with van der Waals surface area (Å²) in [6.07, 6.45) is -2.97. The minimum absolute atomic E-state index is 0. The largest absolute Gasteiger partial charge is 0.870 e. The van der Waals surface area contributed by atoms with E-state index < -0.39 is 57.7 Å². The fourth-order valence-corrected chi connectivity index (χ4v) is 5.44. The van der Waals surface area contributed by atoms with E-state index >= 15 is 0 Å². The number of rotatable bonds is 8. The maximum atomic E-state index is 10.4. The zero-order valence-corrected chi connectivity index (χ0v) is 29.1. The van der Waals surface area contributed by atoms with Gasteiger partial charge in [0.1, 0.15) is 12.2 Å². The van der Waals surface area contributed by atoms with E-state index in [-0.39, 0.29) is 84.4 Å². The quantitative estimate of drug-likeness (QED) is 0.0882. The predicted octanol–water partition coefficient (Wildman–Crippen LogP) is -0.556. The van der Waals surface area contributed by atoms with Gasteiger partial charge in [0.25, 0.3) is 0 Å². The summed E-state index contributed by atoms with van der Waals surface area (Å²) in [5.74, 6) is 0. The van der Waals surface area contributed by atoms with Crippen molar-refractivity contribution in [3.05, 3.63) is 0 Å². The zero-order valence-electron chi connectivity index (χ0n) is 26.9. The van der Waals surface area contributed by atoms with Crippen LogP contribution in [0.25, 0.3) is 0 Å². The van der Waals surface area contributed by atoms with E-state index in [4.69, 9.17) is 29.5 Å². The summed E-state index contributed by atoms with van der Waals surface area (Å²) in [6, 6.07) is 0. The molecule has 0 aromatic carbocycles.